The number of halogens is 3. The van der Waals surface area contributed by atoms with Crippen LogP contribution in [-0.2, 0) is 11.2 Å². The van der Waals surface area contributed by atoms with E-state index in [2.05, 4.69) is 15.4 Å². The summed E-state index contributed by atoms with van der Waals surface area (Å²) in [6, 6.07) is 5.86. The number of benzene rings is 1. The molecule has 106 valence electrons. The number of amides is 1. The molecule has 19 heavy (non-hydrogen) atoms. The number of likely N-dealkylation sites (N-methyl/N-ethyl adjacent to an activating group) is 1. The summed E-state index contributed by atoms with van der Waals surface area (Å²) in [5.41, 5.74) is 0.393. The molecule has 0 aliphatic heterocycles. The maximum Gasteiger partial charge on any atom is 0.573 e. The summed E-state index contributed by atoms with van der Waals surface area (Å²) in [5.74, 6) is -0.449. The Kier molecular flexibility index (Phi) is 5.62. The lowest BCUT2D eigenvalue weighted by Gasteiger charge is -2.13. The maximum atomic E-state index is 12.2. The predicted molar refractivity (Wildman–Crippen MR) is 63.8 cm³/mol. The van der Waals surface area contributed by atoms with E-state index in [0.717, 1.165) is 0 Å². The molecule has 0 spiro atoms. The van der Waals surface area contributed by atoms with Gasteiger partial charge in [-0.05, 0) is 25.1 Å². The summed E-state index contributed by atoms with van der Waals surface area (Å²) in [6.07, 6.45) is -4.45. The smallest absolute Gasteiger partial charge is 0.406 e. The molecule has 1 amide bonds. The number of alkyl halides is 3. The number of nitrogens with one attached hydrogen (secondary N) is 2. The second kappa shape index (κ2) is 6.98. The molecule has 0 unspecified atom stereocenters. The third kappa shape index (κ3) is 6.10. The van der Waals surface area contributed by atoms with Gasteiger partial charge >= 0.3 is 6.36 Å². The largest absolute Gasteiger partial charge is 0.573 e. The van der Waals surface area contributed by atoms with Gasteiger partial charge in [-0.2, -0.15) is 0 Å². The van der Waals surface area contributed by atoms with Crippen molar-refractivity contribution in [3.8, 4) is 5.75 Å². The molecule has 0 fully saturated rings. The first-order chi connectivity index (χ1) is 8.92. The average Bonchev–Trinajstić information content (AvgIpc) is 2.30. The Labute approximate surface area is 108 Å². The molecule has 1 aromatic carbocycles. The molecule has 1 rings (SSSR count). The van der Waals surface area contributed by atoms with Gasteiger partial charge in [-0.25, -0.2) is 0 Å². The van der Waals surface area contributed by atoms with E-state index in [1.165, 1.54) is 18.2 Å². The van der Waals surface area contributed by atoms with E-state index in [0.29, 0.717) is 5.56 Å². The van der Waals surface area contributed by atoms with Gasteiger partial charge in [0, 0.05) is 6.54 Å². The van der Waals surface area contributed by atoms with Crippen LogP contribution in [0, 0.1) is 0 Å². The van der Waals surface area contributed by atoms with Crippen LogP contribution in [0.1, 0.15) is 5.56 Å². The molecule has 1 aromatic rings. The zero-order valence-corrected chi connectivity index (χ0v) is 10.4. The Hall–Kier alpha value is -1.76. The quantitative estimate of drug-likeness (QED) is 0.827. The fourth-order valence-corrected chi connectivity index (χ4v) is 1.49. The van der Waals surface area contributed by atoms with Crippen molar-refractivity contribution in [1.82, 2.24) is 10.6 Å². The van der Waals surface area contributed by atoms with Crippen molar-refractivity contribution >= 4 is 5.91 Å². The fraction of sp³-hybridized carbons (Fsp3) is 0.417. The molecule has 0 bridgehead atoms. The molecule has 0 atom stereocenters. The Balaban J connectivity index is 2.56. The number of rotatable bonds is 6. The van der Waals surface area contributed by atoms with Gasteiger partial charge in [0.25, 0.3) is 0 Å². The minimum Gasteiger partial charge on any atom is -0.406 e. The minimum absolute atomic E-state index is 0.167. The van der Waals surface area contributed by atoms with Crippen LogP contribution in [0.15, 0.2) is 24.3 Å². The summed E-state index contributed by atoms with van der Waals surface area (Å²) in [4.78, 5) is 11.2. The Morgan fingerprint density at radius 1 is 1.32 bits per heavy atom. The van der Waals surface area contributed by atoms with Crippen LogP contribution in [0.25, 0.3) is 0 Å². The number of hydrogen-bond acceptors (Lipinski definition) is 3. The van der Waals surface area contributed by atoms with E-state index < -0.39 is 6.36 Å². The number of carbonyl (C=O) groups is 1. The standard InChI is InChI=1S/C12H15F3N2O2/c1-16-8-11(18)17-7-6-9-4-2-3-5-10(9)19-12(13,14)15/h2-5,16H,6-8H2,1H3,(H,17,18). The first-order valence-electron chi connectivity index (χ1n) is 5.67. The van der Waals surface area contributed by atoms with Crippen LogP contribution < -0.4 is 15.4 Å². The predicted octanol–water partition coefficient (Wildman–Crippen LogP) is 1.46. The summed E-state index contributed by atoms with van der Waals surface area (Å²) < 4.78 is 40.4. The zero-order chi connectivity index (χ0) is 14.3. The Bertz CT molecular complexity index is 422. The molecule has 0 radical (unpaired) electrons. The lowest BCUT2D eigenvalue weighted by atomic mass is 10.1. The number of carbonyl (C=O) groups excluding carboxylic acids is 1. The van der Waals surface area contributed by atoms with Gasteiger partial charge in [0.1, 0.15) is 5.75 Å². The number of ether oxygens (including phenoxy) is 1. The monoisotopic (exact) mass is 276 g/mol. The van der Waals surface area contributed by atoms with E-state index in [1.54, 1.807) is 13.1 Å². The van der Waals surface area contributed by atoms with E-state index in [1.807, 2.05) is 0 Å². The van der Waals surface area contributed by atoms with Crippen molar-refractivity contribution in [3.05, 3.63) is 29.8 Å². The third-order valence-corrected chi connectivity index (χ3v) is 2.25. The van der Waals surface area contributed by atoms with Crippen molar-refractivity contribution in [2.45, 2.75) is 12.8 Å². The molecule has 0 heterocycles. The molecule has 7 heteroatoms. The molecule has 0 aromatic heterocycles. The molecular formula is C12H15F3N2O2. The summed E-state index contributed by atoms with van der Waals surface area (Å²) in [6.45, 7) is 0.416. The number of hydrogen-bond donors (Lipinski definition) is 2. The van der Waals surface area contributed by atoms with Crippen molar-refractivity contribution in [3.63, 3.8) is 0 Å². The van der Waals surface area contributed by atoms with Crippen LogP contribution in [0.2, 0.25) is 0 Å². The van der Waals surface area contributed by atoms with E-state index in [9.17, 15) is 18.0 Å². The maximum absolute atomic E-state index is 12.2. The lowest BCUT2D eigenvalue weighted by Crippen LogP contribution is -2.33. The van der Waals surface area contributed by atoms with Crippen molar-refractivity contribution in [2.24, 2.45) is 0 Å². The summed E-state index contributed by atoms with van der Waals surface area (Å²) in [7, 11) is 1.63. The third-order valence-electron chi connectivity index (χ3n) is 2.25. The molecular weight excluding hydrogens is 261 g/mol. The molecule has 0 aliphatic carbocycles. The SMILES string of the molecule is CNCC(=O)NCCc1ccccc1OC(F)(F)F. The molecule has 4 nitrogen and oxygen atoms in total. The highest BCUT2D eigenvalue weighted by Crippen LogP contribution is 2.26. The minimum atomic E-state index is -4.72. The number of para-hydroxylation sites is 1. The van der Waals surface area contributed by atoms with E-state index >= 15 is 0 Å². The van der Waals surface area contributed by atoms with Gasteiger partial charge in [-0.1, -0.05) is 18.2 Å². The first kappa shape index (κ1) is 15.3. The van der Waals surface area contributed by atoms with Crippen LogP contribution in [0.3, 0.4) is 0 Å². The van der Waals surface area contributed by atoms with Gasteiger partial charge in [-0.15, -0.1) is 13.2 Å². The van der Waals surface area contributed by atoms with Gasteiger partial charge in [0.2, 0.25) is 5.91 Å². The van der Waals surface area contributed by atoms with Crippen molar-refractivity contribution in [1.29, 1.82) is 0 Å². The van der Waals surface area contributed by atoms with E-state index in [-0.39, 0.29) is 31.2 Å². The highest BCUT2D eigenvalue weighted by Gasteiger charge is 2.31. The second-order valence-electron chi connectivity index (χ2n) is 3.79. The van der Waals surface area contributed by atoms with Crippen LogP contribution in [0.5, 0.6) is 5.75 Å². The molecule has 0 saturated heterocycles. The molecule has 2 N–H and O–H groups in total. The normalized spacial score (nSPS) is 11.2. The average molecular weight is 276 g/mol. The fourth-order valence-electron chi connectivity index (χ4n) is 1.49. The molecule has 0 aliphatic rings. The van der Waals surface area contributed by atoms with Gasteiger partial charge in [-0.3, -0.25) is 4.79 Å². The highest BCUT2D eigenvalue weighted by molar-refractivity contribution is 5.77. The summed E-state index contributed by atoms with van der Waals surface area (Å²) >= 11 is 0. The van der Waals surface area contributed by atoms with Gasteiger partial charge in [0.05, 0.1) is 6.54 Å². The second-order valence-corrected chi connectivity index (χ2v) is 3.79. The Morgan fingerprint density at radius 3 is 2.63 bits per heavy atom. The van der Waals surface area contributed by atoms with Crippen LogP contribution in [-0.4, -0.2) is 32.4 Å². The van der Waals surface area contributed by atoms with Gasteiger partial charge < -0.3 is 15.4 Å². The van der Waals surface area contributed by atoms with Crippen molar-refractivity contribution < 1.29 is 22.7 Å². The van der Waals surface area contributed by atoms with Crippen LogP contribution >= 0.6 is 0 Å². The highest BCUT2D eigenvalue weighted by atomic mass is 19.4. The summed E-state index contributed by atoms with van der Waals surface area (Å²) in [5, 5.41) is 5.26. The Morgan fingerprint density at radius 2 is 2.00 bits per heavy atom. The lowest BCUT2D eigenvalue weighted by molar-refractivity contribution is -0.274. The topological polar surface area (TPSA) is 50.4 Å². The van der Waals surface area contributed by atoms with Crippen molar-refractivity contribution in [2.75, 3.05) is 20.1 Å². The zero-order valence-electron chi connectivity index (χ0n) is 10.4. The van der Waals surface area contributed by atoms with Crippen LogP contribution in [0.4, 0.5) is 13.2 Å². The first-order valence-corrected chi connectivity index (χ1v) is 5.67. The van der Waals surface area contributed by atoms with Gasteiger partial charge in [0.15, 0.2) is 0 Å². The molecule has 0 saturated carbocycles. The van der Waals surface area contributed by atoms with E-state index in [4.69, 9.17) is 0 Å².